The fraction of sp³-hybridized carbons (Fsp3) is 0.185. The molecule has 0 bridgehead atoms. The molecule has 0 aliphatic carbocycles. The number of benzene rings is 2. The smallest absolute Gasteiger partial charge is 0.174 e. The first kappa shape index (κ1) is 22.1. The average molecular weight is 472 g/mol. The van der Waals surface area contributed by atoms with Crippen molar-refractivity contribution >= 4 is 28.7 Å². The Balaban J connectivity index is 1.64. The van der Waals surface area contributed by atoms with Crippen molar-refractivity contribution in [1.29, 1.82) is 0 Å². The van der Waals surface area contributed by atoms with Crippen molar-refractivity contribution in [2.75, 3.05) is 23.9 Å². The lowest BCUT2D eigenvalue weighted by molar-refractivity contribution is 0.549. The van der Waals surface area contributed by atoms with Gasteiger partial charge < -0.3 is 19.7 Å². The lowest BCUT2D eigenvalue weighted by Gasteiger charge is -2.29. The van der Waals surface area contributed by atoms with E-state index in [1.165, 1.54) is 6.07 Å². The second kappa shape index (κ2) is 8.91. The summed E-state index contributed by atoms with van der Waals surface area (Å²) in [5.74, 6) is -0.232. The van der Waals surface area contributed by atoms with Gasteiger partial charge in [0.05, 0.1) is 11.7 Å². The minimum atomic E-state index is -0.232. The Bertz CT molecular complexity index is 1320. The van der Waals surface area contributed by atoms with Crippen molar-refractivity contribution in [3.63, 3.8) is 0 Å². The van der Waals surface area contributed by atoms with Crippen molar-refractivity contribution in [2.45, 2.75) is 19.0 Å². The lowest BCUT2D eigenvalue weighted by atomic mass is 10.0. The molecule has 0 unspecified atom stereocenters. The fourth-order valence-electron chi connectivity index (χ4n) is 4.49. The molecule has 1 fully saturated rings. The molecule has 0 amide bonds. The molecule has 5 nitrogen and oxygen atoms in total. The van der Waals surface area contributed by atoms with E-state index in [-0.39, 0.29) is 17.9 Å². The largest absolute Gasteiger partial charge is 0.378 e. The monoisotopic (exact) mass is 471 g/mol. The second-order valence-electron chi connectivity index (χ2n) is 8.64. The maximum atomic E-state index is 14.1. The molecule has 172 valence electrons. The highest BCUT2D eigenvalue weighted by Gasteiger charge is 2.42. The van der Waals surface area contributed by atoms with Crippen molar-refractivity contribution in [3.8, 4) is 5.69 Å². The molecule has 1 saturated heterocycles. The first-order valence-corrected chi connectivity index (χ1v) is 11.6. The minimum absolute atomic E-state index is 0.172. The first-order valence-electron chi connectivity index (χ1n) is 11.2. The van der Waals surface area contributed by atoms with Gasteiger partial charge in [-0.25, -0.2) is 4.39 Å². The molecule has 4 aromatic rings. The second-order valence-corrected chi connectivity index (χ2v) is 9.03. The van der Waals surface area contributed by atoms with Crippen LogP contribution in [0.2, 0.25) is 0 Å². The zero-order valence-corrected chi connectivity index (χ0v) is 20.1. The van der Waals surface area contributed by atoms with Crippen molar-refractivity contribution in [1.82, 2.24) is 14.9 Å². The number of aromatic nitrogens is 2. The van der Waals surface area contributed by atoms with E-state index in [9.17, 15) is 4.39 Å². The van der Waals surface area contributed by atoms with Gasteiger partial charge in [0.15, 0.2) is 5.11 Å². The van der Waals surface area contributed by atoms with Gasteiger partial charge in [-0.05, 0) is 91.4 Å². The Morgan fingerprint density at radius 3 is 2.41 bits per heavy atom. The number of nitrogens with zero attached hydrogens (tertiary/aromatic N) is 4. The summed E-state index contributed by atoms with van der Waals surface area (Å²) in [5.41, 5.74) is 5.56. The van der Waals surface area contributed by atoms with E-state index in [1.54, 1.807) is 19.2 Å². The first-order chi connectivity index (χ1) is 16.4. The van der Waals surface area contributed by atoms with Gasteiger partial charge in [-0.3, -0.25) is 4.98 Å². The van der Waals surface area contributed by atoms with Gasteiger partial charge in [0.2, 0.25) is 0 Å². The fourth-order valence-corrected chi connectivity index (χ4v) is 4.84. The summed E-state index contributed by atoms with van der Waals surface area (Å²) in [7, 11) is 4.06. The Morgan fingerprint density at radius 1 is 0.971 bits per heavy atom. The summed E-state index contributed by atoms with van der Waals surface area (Å²) >= 11 is 5.81. The van der Waals surface area contributed by atoms with E-state index in [0.717, 1.165) is 28.5 Å². The highest BCUT2D eigenvalue weighted by Crippen LogP contribution is 2.42. The maximum Gasteiger partial charge on any atom is 0.174 e. The number of halogens is 1. The quantitative estimate of drug-likeness (QED) is 0.386. The molecule has 7 heteroatoms. The Morgan fingerprint density at radius 2 is 1.74 bits per heavy atom. The van der Waals surface area contributed by atoms with Crippen LogP contribution in [-0.4, -0.2) is 28.8 Å². The molecule has 0 radical (unpaired) electrons. The van der Waals surface area contributed by atoms with E-state index in [2.05, 4.69) is 61.2 Å². The molecule has 2 aromatic carbocycles. The maximum absolute atomic E-state index is 14.1. The highest BCUT2D eigenvalue weighted by molar-refractivity contribution is 7.80. The molecule has 2 atom stereocenters. The summed E-state index contributed by atoms with van der Waals surface area (Å²) in [6, 6.07) is 23.2. The van der Waals surface area contributed by atoms with Crippen LogP contribution in [-0.2, 0) is 0 Å². The molecule has 2 aromatic heterocycles. The van der Waals surface area contributed by atoms with Crippen molar-refractivity contribution in [3.05, 3.63) is 108 Å². The summed E-state index contributed by atoms with van der Waals surface area (Å²) < 4.78 is 16.3. The Labute approximate surface area is 204 Å². The molecule has 1 aliphatic rings. The minimum Gasteiger partial charge on any atom is -0.378 e. The van der Waals surface area contributed by atoms with Gasteiger partial charge in [0, 0.05) is 49.2 Å². The molecular formula is C27H26FN5S. The number of pyridine rings is 1. The lowest BCUT2D eigenvalue weighted by Crippen LogP contribution is -2.30. The van der Waals surface area contributed by atoms with Crippen molar-refractivity contribution < 1.29 is 4.39 Å². The summed E-state index contributed by atoms with van der Waals surface area (Å²) in [5, 5.41) is 4.06. The Kier molecular flexibility index (Phi) is 5.79. The topological polar surface area (TPSA) is 36.3 Å². The molecule has 3 heterocycles. The number of thiocarbonyl (C=S) groups is 1. The predicted molar refractivity (Wildman–Crippen MR) is 139 cm³/mol. The summed E-state index contributed by atoms with van der Waals surface area (Å²) in [6.45, 7) is 1.77. The van der Waals surface area contributed by atoms with Gasteiger partial charge in [-0.2, -0.15) is 0 Å². The van der Waals surface area contributed by atoms with E-state index < -0.39 is 0 Å². The van der Waals surface area contributed by atoms with Crippen LogP contribution in [0.1, 0.15) is 29.0 Å². The van der Waals surface area contributed by atoms with Crippen LogP contribution in [0.5, 0.6) is 0 Å². The van der Waals surface area contributed by atoms with E-state index in [0.29, 0.717) is 10.7 Å². The number of hydrogen-bond acceptors (Lipinski definition) is 3. The third-order valence-electron chi connectivity index (χ3n) is 6.25. The zero-order chi connectivity index (χ0) is 23.8. The van der Waals surface area contributed by atoms with Crippen LogP contribution >= 0.6 is 12.2 Å². The van der Waals surface area contributed by atoms with Gasteiger partial charge in [-0.15, -0.1) is 0 Å². The van der Waals surface area contributed by atoms with Crippen molar-refractivity contribution in [2.24, 2.45) is 0 Å². The highest BCUT2D eigenvalue weighted by atomic mass is 32.1. The van der Waals surface area contributed by atoms with Gasteiger partial charge in [-0.1, -0.05) is 6.07 Å². The predicted octanol–water partition coefficient (Wildman–Crippen LogP) is 5.56. The van der Waals surface area contributed by atoms with Gasteiger partial charge in [0.25, 0.3) is 0 Å². The Hall–Kier alpha value is -3.71. The van der Waals surface area contributed by atoms with Gasteiger partial charge >= 0.3 is 0 Å². The van der Waals surface area contributed by atoms with E-state index >= 15 is 0 Å². The van der Waals surface area contributed by atoms with E-state index in [4.69, 9.17) is 12.2 Å². The third-order valence-corrected chi connectivity index (χ3v) is 6.56. The standard InChI is InChI=1S/C27H26FN5S/c1-18-17-21(13-14-22(18)28)33-26(25(30-27(33)34)23-7-4-5-15-29-23)24-8-6-16-32(24)20-11-9-19(10-12-20)31(2)3/h4-17,25-26H,1-3H3,(H,30,34)/t25-,26-/m1/s1. The average Bonchev–Trinajstić information content (AvgIpc) is 3.46. The third kappa shape index (κ3) is 3.92. The number of anilines is 2. The zero-order valence-electron chi connectivity index (χ0n) is 19.3. The van der Waals surface area contributed by atoms with Crippen LogP contribution in [0.3, 0.4) is 0 Å². The van der Waals surface area contributed by atoms with Crippen LogP contribution in [0.25, 0.3) is 5.69 Å². The van der Waals surface area contributed by atoms with E-state index in [1.807, 2.05) is 44.4 Å². The molecule has 0 spiro atoms. The molecule has 0 saturated carbocycles. The SMILES string of the molecule is Cc1cc(N2C(=S)N[C@H](c3ccccn3)[C@H]2c2cccn2-c2ccc(N(C)C)cc2)ccc1F. The molecule has 34 heavy (non-hydrogen) atoms. The molecule has 1 aliphatic heterocycles. The normalized spacial score (nSPS) is 17.6. The number of aryl methyl sites for hydroxylation is 1. The van der Waals surface area contributed by atoms with Crippen LogP contribution in [0, 0.1) is 12.7 Å². The van der Waals surface area contributed by atoms with Crippen LogP contribution in [0.15, 0.2) is 85.2 Å². The number of rotatable bonds is 5. The summed E-state index contributed by atoms with van der Waals surface area (Å²) in [6.07, 6.45) is 3.85. The van der Waals surface area contributed by atoms with Crippen LogP contribution < -0.4 is 15.1 Å². The molecular weight excluding hydrogens is 445 g/mol. The van der Waals surface area contributed by atoms with Crippen LogP contribution in [0.4, 0.5) is 15.8 Å². The summed E-state index contributed by atoms with van der Waals surface area (Å²) in [4.78, 5) is 8.77. The molecule has 5 rings (SSSR count). The van der Waals surface area contributed by atoms with Gasteiger partial charge in [0.1, 0.15) is 11.9 Å². The molecule has 1 N–H and O–H groups in total. The number of hydrogen-bond donors (Lipinski definition) is 1. The number of nitrogens with one attached hydrogen (secondary N) is 1.